The van der Waals surface area contributed by atoms with Crippen molar-refractivity contribution in [1.29, 1.82) is 0 Å². The summed E-state index contributed by atoms with van der Waals surface area (Å²) >= 11 is 0. The summed E-state index contributed by atoms with van der Waals surface area (Å²) in [5, 5.41) is 0. The summed E-state index contributed by atoms with van der Waals surface area (Å²) in [7, 11) is 0. The Labute approximate surface area is 155 Å². The van der Waals surface area contributed by atoms with Gasteiger partial charge in [-0.3, -0.25) is 4.79 Å². The number of ether oxygens (including phenoxy) is 2. The highest BCUT2D eigenvalue weighted by Gasteiger charge is 2.28. The third-order valence-corrected chi connectivity index (χ3v) is 5.97. The number of benzene rings is 1. The average Bonchev–Trinajstić information content (AvgIpc) is 3.11. The second-order valence-electron chi connectivity index (χ2n) is 8.13. The number of piperidine rings is 1. The van der Waals surface area contributed by atoms with E-state index in [-0.39, 0.29) is 0 Å². The standard InChI is InChI=1S/C20H29N3O3/c1-16-3-2-6-23(12-16)20(24)14-22-9-7-21(8-10-22)13-17-4-5-18-19(11-17)26-15-25-18/h4-5,11,16H,2-3,6-10,12-15H2,1H3/p+2/t16-/m1/s1. The third kappa shape index (κ3) is 4.13. The quantitative estimate of drug-likeness (QED) is 0.720. The molecule has 1 amide bonds. The Bertz CT molecular complexity index is 643. The molecule has 0 bridgehead atoms. The molecule has 0 aliphatic carbocycles. The predicted molar refractivity (Wildman–Crippen MR) is 97.5 cm³/mol. The van der Waals surface area contributed by atoms with Gasteiger partial charge in [-0.25, -0.2) is 0 Å². The minimum absolute atomic E-state index is 0.331. The topological polar surface area (TPSA) is 47.7 Å². The van der Waals surface area contributed by atoms with Gasteiger partial charge in [-0.2, -0.15) is 0 Å². The van der Waals surface area contributed by atoms with Crippen molar-refractivity contribution in [1.82, 2.24) is 4.90 Å². The van der Waals surface area contributed by atoms with Crippen LogP contribution in [0.5, 0.6) is 11.5 Å². The highest BCUT2D eigenvalue weighted by molar-refractivity contribution is 5.77. The molecule has 6 heteroatoms. The zero-order valence-corrected chi connectivity index (χ0v) is 15.8. The molecule has 0 aromatic heterocycles. The zero-order chi connectivity index (χ0) is 17.9. The normalized spacial score (nSPS) is 28.2. The highest BCUT2D eigenvalue weighted by Crippen LogP contribution is 2.32. The first-order chi connectivity index (χ1) is 12.7. The van der Waals surface area contributed by atoms with Crippen molar-refractivity contribution >= 4 is 5.91 Å². The maximum atomic E-state index is 12.6. The van der Waals surface area contributed by atoms with Gasteiger partial charge in [0.25, 0.3) is 5.91 Å². The van der Waals surface area contributed by atoms with Crippen LogP contribution in [0.4, 0.5) is 0 Å². The van der Waals surface area contributed by atoms with Crippen molar-refractivity contribution in [3.63, 3.8) is 0 Å². The smallest absolute Gasteiger partial charge is 0.277 e. The molecule has 0 radical (unpaired) electrons. The summed E-state index contributed by atoms with van der Waals surface area (Å²) in [6.07, 6.45) is 2.42. The van der Waals surface area contributed by atoms with E-state index in [9.17, 15) is 4.79 Å². The number of nitrogens with one attached hydrogen (secondary N) is 2. The van der Waals surface area contributed by atoms with E-state index in [1.807, 2.05) is 6.07 Å². The first-order valence-electron chi connectivity index (χ1n) is 10.0. The van der Waals surface area contributed by atoms with E-state index in [1.165, 1.54) is 16.9 Å². The van der Waals surface area contributed by atoms with E-state index >= 15 is 0 Å². The van der Waals surface area contributed by atoms with Gasteiger partial charge in [-0.05, 0) is 37.0 Å². The lowest BCUT2D eigenvalue weighted by Gasteiger charge is -2.33. The summed E-state index contributed by atoms with van der Waals surface area (Å²) in [5.74, 6) is 2.73. The second-order valence-corrected chi connectivity index (χ2v) is 8.13. The molecule has 0 spiro atoms. The van der Waals surface area contributed by atoms with E-state index < -0.39 is 0 Å². The van der Waals surface area contributed by atoms with Gasteiger partial charge in [0.15, 0.2) is 18.0 Å². The Kier molecular flexibility index (Phi) is 5.31. The summed E-state index contributed by atoms with van der Waals surface area (Å²) in [6.45, 7) is 10.6. The van der Waals surface area contributed by atoms with Crippen molar-refractivity contribution in [2.24, 2.45) is 5.92 Å². The molecular formula is C20H31N3O3+2. The number of carbonyl (C=O) groups excluding carboxylic acids is 1. The molecule has 2 fully saturated rings. The number of carbonyl (C=O) groups is 1. The van der Waals surface area contributed by atoms with Crippen molar-refractivity contribution in [3.8, 4) is 11.5 Å². The molecule has 6 nitrogen and oxygen atoms in total. The average molecular weight is 361 g/mol. The van der Waals surface area contributed by atoms with Crippen LogP contribution in [0, 0.1) is 5.92 Å². The number of piperazine rings is 1. The van der Waals surface area contributed by atoms with Crippen LogP contribution in [0.3, 0.4) is 0 Å². The fourth-order valence-corrected chi connectivity index (χ4v) is 4.39. The number of fused-ring (bicyclic) bond motifs is 1. The van der Waals surface area contributed by atoms with Gasteiger partial charge < -0.3 is 24.2 Å². The molecule has 142 valence electrons. The van der Waals surface area contributed by atoms with Gasteiger partial charge in [0, 0.05) is 18.7 Å². The van der Waals surface area contributed by atoms with Crippen LogP contribution >= 0.6 is 0 Å². The van der Waals surface area contributed by atoms with Crippen LogP contribution in [0.2, 0.25) is 0 Å². The Morgan fingerprint density at radius 1 is 1.15 bits per heavy atom. The van der Waals surface area contributed by atoms with Crippen molar-refractivity contribution < 1.29 is 24.1 Å². The van der Waals surface area contributed by atoms with Gasteiger partial charge in [0.2, 0.25) is 6.79 Å². The van der Waals surface area contributed by atoms with E-state index in [2.05, 4.69) is 24.0 Å². The molecule has 3 heterocycles. The molecule has 0 saturated carbocycles. The van der Waals surface area contributed by atoms with E-state index in [1.54, 1.807) is 4.90 Å². The molecule has 2 saturated heterocycles. The lowest BCUT2D eigenvalue weighted by Crippen LogP contribution is -3.28. The van der Waals surface area contributed by atoms with Crippen LogP contribution in [0.1, 0.15) is 25.3 Å². The molecule has 1 aromatic carbocycles. The maximum absolute atomic E-state index is 12.6. The Hall–Kier alpha value is -1.79. The van der Waals surface area contributed by atoms with Gasteiger partial charge in [0.1, 0.15) is 32.7 Å². The summed E-state index contributed by atoms with van der Waals surface area (Å²) in [5.41, 5.74) is 1.30. The number of likely N-dealkylation sites (tertiary alicyclic amines) is 1. The SMILES string of the molecule is C[C@@H]1CCCN(C(=O)C[NH+]2CC[NH+](Cc3ccc4c(c3)OCO4)CC2)C1. The number of hydrogen-bond donors (Lipinski definition) is 2. The first kappa shape index (κ1) is 17.6. The van der Waals surface area contributed by atoms with Crippen molar-refractivity contribution in [2.75, 3.05) is 52.6 Å². The van der Waals surface area contributed by atoms with Crippen LogP contribution < -0.4 is 19.3 Å². The number of amides is 1. The Morgan fingerprint density at radius 2 is 1.92 bits per heavy atom. The lowest BCUT2D eigenvalue weighted by molar-refractivity contribution is -1.02. The van der Waals surface area contributed by atoms with Gasteiger partial charge in [-0.15, -0.1) is 0 Å². The molecule has 1 atom stereocenters. The maximum Gasteiger partial charge on any atom is 0.277 e. The number of rotatable bonds is 4. The molecule has 26 heavy (non-hydrogen) atoms. The zero-order valence-electron chi connectivity index (χ0n) is 15.8. The third-order valence-electron chi connectivity index (χ3n) is 5.97. The lowest BCUT2D eigenvalue weighted by atomic mass is 10.0. The minimum atomic E-state index is 0.331. The van der Waals surface area contributed by atoms with Crippen molar-refractivity contribution in [3.05, 3.63) is 23.8 Å². The van der Waals surface area contributed by atoms with E-state index in [0.717, 1.165) is 63.7 Å². The van der Waals surface area contributed by atoms with Crippen LogP contribution in [-0.2, 0) is 11.3 Å². The molecule has 3 aliphatic rings. The fraction of sp³-hybridized carbons (Fsp3) is 0.650. The van der Waals surface area contributed by atoms with Gasteiger partial charge >= 0.3 is 0 Å². The fourth-order valence-electron chi connectivity index (χ4n) is 4.39. The largest absolute Gasteiger partial charge is 0.454 e. The molecule has 4 rings (SSSR count). The highest BCUT2D eigenvalue weighted by atomic mass is 16.7. The van der Waals surface area contributed by atoms with Crippen LogP contribution in [0.25, 0.3) is 0 Å². The number of hydrogen-bond acceptors (Lipinski definition) is 3. The summed E-state index contributed by atoms with van der Waals surface area (Å²) in [4.78, 5) is 17.7. The molecule has 2 N–H and O–H groups in total. The summed E-state index contributed by atoms with van der Waals surface area (Å²) < 4.78 is 10.9. The summed E-state index contributed by atoms with van der Waals surface area (Å²) in [6, 6.07) is 6.26. The molecule has 0 unspecified atom stereocenters. The molecular weight excluding hydrogens is 330 g/mol. The first-order valence-corrected chi connectivity index (χ1v) is 10.0. The van der Waals surface area contributed by atoms with Crippen LogP contribution in [-0.4, -0.2) is 63.4 Å². The van der Waals surface area contributed by atoms with Gasteiger partial charge in [-0.1, -0.05) is 6.92 Å². The Balaban J connectivity index is 1.23. The molecule has 3 aliphatic heterocycles. The van der Waals surface area contributed by atoms with E-state index in [0.29, 0.717) is 25.2 Å². The minimum Gasteiger partial charge on any atom is -0.454 e. The van der Waals surface area contributed by atoms with E-state index in [4.69, 9.17) is 9.47 Å². The molecule has 1 aromatic rings. The van der Waals surface area contributed by atoms with Crippen LogP contribution in [0.15, 0.2) is 18.2 Å². The number of quaternary nitrogens is 2. The van der Waals surface area contributed by atoms with Gasteiger partial charge in [0.05, 0.1) is 0 Å². The Morgan fingerprint density at radius 3 is 2.73 bits per heavy atom. The number of nitrogens with zero attached hydrogens (tertiary/aromatic N) is 1. The van der Waals surface area contributed by atoms with Crippen molar-refractivity contribution in [2.45, 2.75) is 26.3 Å². The second kappa shape index (κ2) is 7.84. The monoisotopic (exact) mass is 361 g/mol. The predicted octanol–water partition coefficient (Wildman–Crippen LogP) is -1.04.